The van der Waals surface area contributed by atoms with Gasteiger partial charge in [0.2, 0.25) is 6.10 Å². The Bertz CT molecular complexity index is 622. The summed E-state index contributed by atoms with van der Waals surface area (Å²) in [6.45, 7) is 7.41. The Morgan fingerprint density at radius 2 is 1.48 bits per heavy atom. The molecule has 0 aromatic carbocycles. The molecule has 9 N–H and O–H groups in total. The zero-order valence-electron chi connectivity index (χ0n) is 18.5. The Balaban J connectivity index is 0. The van der Waals surface area contributed by atoms with Gasteiger partial charge in [-0.25, -0.2) is 0 Å². The van der Waals surface area contributed by atoms with Crippen LogP contribution in [-0.4, -0.2) is 123 Å². The second-order valence-electron chi connectivity index (χ2n) is 7.12. The normalized spacial score (nSPS) is 38.4. The molecule has 11 atom stereocenters. The number of hydrogen-bond acceptors (Lipinski definition) is 12. The first kappa shape index (κ1) is 33.3. The number of nitriles is 2. The van der Waals surface area contributed by atoms with Gasteiger partial charge in [-0.2, -0.15) is 10.5 Å². The predicted octanol–water partition coefficient (Wildman–Crippen LogP) is -3.82. The fourth-order valence-electron chi connectivity index (χ4n) is 3.07. The van der Waals surface area contributed by atoms with E-state index in [-0.39, 0.29) is 12.1 Å². The number of aliphatic hydroxyl groups excluding tert-OH is 7. The first-order chi connectivity index (χ1) is 15.1. The van der Waals surface area contributed by atoms with Gasteiger partial charge in [0.1, 0.15) is 48.8 Å². The standard InChI is InChI=1S/C9H15NO5.C8H15O5.C3H3N.H2O/c1-4(2-10)9-8(14)7(13)6(12)5(3-11)15-9;1-4-6(10)7(11)8(12-2)5(3-9)13-4;1-2-3-4;/h4-9,11-14H,3H2,1H3;4-11H,1,3H2,2H3;2H,1H2;1H2/q;+1;;. The van der Waals surface area contributed by atoms with Crippen molar-refractivity contribution in [2.75, 3.05) is 20.3 Å². The van der Waals surface area contributed by atoms with E-state index in [0.29, 0.717) is 0 Å². The van der Waals surface area contributed by atoms with Gasteiger partial charge in [0.05, 0.1) is 38.2 Å². The van der Waals surface area contributed by atoms with Crippen molar-refractivity contribution in [2.24, 2.45) is 5.92 Å². The van der Waals surface area contributed by atoms with Crippen LogP contribution < -0.4 is 0 Å². The number of hydrogen-bond donors (Lipinski definition) is 7. The quantitative estimate of drug-likeness (QED) is 0.151. The molecule has 33 heavy (non-hydrogen) atoms. The third-order valence-corrected chi connectivity index (χ3v) is 4.95. The second-order valence-corrected chi connectivity index (χ2v) is 7.12. The molecule has 0 bridgehead atoms. The van der Waals surface area contributed by atoms with Crippen molar-refractivity contribution in [2.45, 2.75) is 68.0 Å². The molecule has 2 rings (SSSR count). The van der Waals surface area contributed by atoms with Gasteiger partial charge in [-0.3, -0.25) is 0 Å². The van der Waals surface area contributed by atoms with Crippen molar-refractivity contribution in [3.05, 3.63) is 19.6 Å². The molecule has 2 heterocycles. The van der Waals surface area contributed by atoms with Gasteiger partial charge in [-0.1, -0.05) is 6.58 Å². The summed E-state index contributed by atoms with van der Waals surface area (Å²) in [7, 11) is 1.38. The third-order valence-electron chi connectivity index (χ3n) is 4.95. The molecule has 0 aliphatic carbocycles. The van der Waals surface area contributed by atoms with Gasteiger partial charge in [-0.05, 0) is 6.92 Å². The summed E-state index contributed by atoms with van der Waals surface area (Å²) in [6.07, 6.45) is -8.98. The summed E-state index contributed by atoms with van der Waals surface area (Å²) in [5, 5.41) is 81.2. The van der Waals surface area contributed by atoms with Crippen LogP contribution in [0.5, 0.6) is 0 Å². The Morgan fingerprint density at radius 3 is 1.88 bits per heavy atom. The smallest absolute Gasteiger partial charge is 0.223 e. The molecule has 0 radical (unpaired) electrons. The molecule has 0 saturated carbocycles. The molecule has 2 saturated heterocycles. The number of nitrogens with zero attached hydrogens (tertiary/aromatic N) is 2. The number of allylic oxidation sites excluding steroid dienone is 1. The predicted molar refractivity (Wildman–Crippen MR) is 112 cm³/mol. The molecular weight excluding hydrogens is 444 g/mol. The molecule has 2 aliphatic rings. The molecule has 2 aliphatic heterocycles. The number of methoxy groups -OCH3 is 1. The van der Waals surface area contributed by atoms with Crippen LogP contribution >= 0.6 is 0 Å². The first-order valence-corrected chi connectivity index (χ1v) is 9.75. The number of rotatable bonds is 4. The van der Waals surface area contributed by atoms with Crippen molar-refractivity contribution in [1.29, 1.82) is 10.5 Å². The monoisotopic (exact) mass is 479 g/mol. The van der Waals surface area contributed by atoms with Crippen molar-refractivity contribution in [3.8, 4) is 12.1 Å². The molecule has 11 unspecified atom stereocenters. The number of ether oxygens (including phenoxy) is 3. The maximum Gasteiger partial charge on any atom is 0.223 e. The molecule has 0 aromatic heterocycles. The molecule has 0 spiro atoms. The van der Waals surface area contributed by atoms with E-state index < -0.39 is 73.6 Å². The van der Waals surface area contributed by atoms with E-state index in [2.05, 4.69) is 13.5 Å². The Hall–Kier alpha value is -1.85. The molecule has 13 nitrogen and oxygen atoms in total. The SMILES string of the molecule is C=CC#N.CC(C#N)C1OC(CO)C(O)C(O)C1O.O.[CH2+]C1OC(CO)C(OC)C(O)C1O. The van der Waals surface area contributed by atoms with Gasteiger partial charge < -0.3 is 55.4 Å². The summed E-state index contributed by atoms with van der Waals surface area (Å²) in [4.78, 5) is 0. The highest BCUT2D eigenvalue weighted by molar-refractivity contribution is 4.99. The van der Waals surface area contributed by atoms with Crippen molar-refractivity contribution in [3.63, 3.8) is 0 Å². The van der Waals surface area contributed by atoms with Gasteiger partial charge in [-0.15, -0.1) is 0 Å². The van der Waals surface area contributed by atoms with Crippen LogP contribution in [0.2, 0.25) is 0 Å². The fourth-order valence-corrected chi connectivity index (χ4v) is 3.07. The van der Waals surface area contributed by atoms with E-state index in [0.717, 1.165) is 0 Å². The van der Waals surface area contributed by atoms with Crippen LogP contribution in [0.25, 0.3) is 0 Å². The molecule has 2 fully saturated rings. The van der Waals surface area contributed by atoms with E-state index in [1.807, 2.05) is 6.07 Å². The Labute approximate surface area is 192 Å². The van der Waals surface area contributed by atoms with Gasteiger partial charge >= 0.3 is 0 Å². The highest BCUT2D eigenvalue weighted by Crippen LogP contribution is 2.25. The number of aliphatic hydroxyl groups is 7. The van der Waals surface area contributed by atoms with E-state index in [1.165, 1.54) is 20.1 Å². The van der Waals surface area contributed by atoms with Crippen LogP contribution in [0.15, 0.2) is 12.7 Å². The van der Waals surface area contributed by atoms with E-state index in [1.54, 1.807) is 6.07 Å². The molecule has 0 aromatic rings. The minimum Gasteiger partial charge on any atom is -0.412 e. The van der Waals surface area contributed by atoms with Gasteiger partial charge in [0.15, 0.2) is 6.10 Å². The van der Waals surface area contributed by atoms with Gasteiger partial charge in [0.25, 0.3) is 0 Å². The lowest BCUT2D eigenvalue weighted by molar-refractivity contribution is -0.235. The van der Waals surface area contributed by atoms with E-state index >= 15 is 0 Å². The maximum absolute atomic E-state index is 9.55. The summed E-state index contributed by atoms with van der Waals surface area (Å²) >= 11 is 0. The summed E-state index contributed by atoms with van der Waals surface area (Å²) in [6, 6.07) is 3.58. The second kappa shape index (κ2) is 16.7. The molecule has 190 valence electrons. The lowest BCUT2D eigenvalue weighted by atomic mass is 9.89. The Kier molecular flexibility index (Phi) is 16.9. The summed E-state index contributed by atoms with van der Waals surface area (Å²) < 4.78 is 15.2. The summed E-state index contributed by atoms with van der Waals surface area (Å²) in [5.41, 5.74) is 0. The van der Waals surface area contributed by atoms with Crippen LogP contribution in [0.3, 0.4) is 0 Å². The zero-order valence-corrected chi connectivity index (χ0v) is 18.5. The zero-order chi connectivity index (χ0) is 25.0. The minimum absolute atomic E-state index is 0. The molecular formula is C20H35N2O11+. The summed E-state index contributed by atoms with van der Waals surface area (Å²) in [5.74, 6) is -0.629. The maximum atomic E-state index is 9.55. The van der Waals surface area contributed by atoms with Crippen LogP contribution in [-0.2, 0) is 14.2 Å². The van der Waals surface area contributed by atoms with E-state index in [9.17, 15) is 25.5 Å². The third kappa shape index (κ3) is 9.13. The topological polar surface area (TPSA) is 248 Å². The average Bonchev–Trinajstić information content (AvgIpc) is 2.81. The lowest BCUT2D eigenvalue weighted by Gasteiger charge is -2.40. The Morgan fingerprint density at radius 1 is 0.970 bits per heavy atom. The highest BCUT2D eigenvalue weighted by Gasteiger charge is 2.46. The van der Waals surface area contributed by atoms with Crippen LogP contribution in [0.4, 0.5) is 0 Å². The first-order valence-electron chi connectivity index (χ1n) is 9.75. The average molecular weight is 480 g/mol. The minimum atomic E-state index is -1.41. The largest absolute Gasteiger partial charge is 0.412 e. The fraction of sp³-hybridized carbons (Fsp3) is 0.750. The van der Waals surface area contributed by atoms with Crippen LogP contribution in [0, 0.1) is 35.5 Å². The van der Waals surface area contributed by atoms with Crippen molar-refractivity contribution >= 4 is 0 Å². The highest BCUT2D eigenvalue weighted by atomic mass is 16.6. The van der Waals surface area contributed by atoms with E-state index in [4.69, 9.17) is 34.9 Å². The van der Waals surface area contributed by atoms with Gasteiger partial charge in [0, 0.05) is 13.2 Å². The van der Waals surface area contributed by atoms with Crippen molar-refractivity contribution < 1.29 is 55.4 Å². The molecule has 0 amide bonds. The lowest BCUT2D eigenvalue weighted by Crippen LogP contribution is -2.59. The van der Waals surface area contributed by atoms with Crippen molar-refractivity contribution in [1.82, 2.24) is 0 Å². The van der Waals surface area contributed by atoms with Crippen LogP contribution in [0.1, 0.15) is 6.92 Å². The molecule has 13 heteroatoms.